The van der Waals surface area contributed by atoms with Gasteiger partial charge in [0.15, 0.2) is 14.9 Å². The molecule has 1 unspecified atom stereocenters. The van der Waals surface area contributed by atoms with E-state index in [1.807, 2.05) is 6.92 Å². The smallest absolute Gasteiger partial charge is 0.258 e. The molecule has 0 bridgehead atoms. The zero-order chi connectivity index (χ0) is 15.7. The first-order chi connectivity index (χ1) is 9.68. The van der Waals surface area contributed by atoms with Crippen LogP contribution < -0.4 is 10.0 Å². The van der Waals surface area contributed by atoms with Crippen LogP contribution >= 0.6 is 0 Å². The molecule has 1 aromatic rings. The first-order valence-corrected chi connectivity index (χ1v) is 9.95. The predicted octanol–water partition coefficient (Wildman–Crippen LogP) is -0.625. The van der Waals surface area contributed by atoms with Crippen LogP contribution in [-0.2, 0) is 26.4 Å². The molecular weight excluding hydrogens is 316 g/mol. The fraction of sp³-hybridized carbons (Fsp3) is 0.727. The first-order valence-electron chi connectivity index (χ1n) is 6.65. The number of aromatic amines is 1. The summed E-state index contributed by atoms with van der Waals surface area (Å²) in [6.07, 6.45) is 1.72. The minimum absolute atomic E-state index is 0.000750. The number of nitrogens with zero attached hydrogens (tertiary/aromatic N) is 1. The van der Waals surface area contributed by atoms with Crippen LogP contribution in [0.4, 0.5) is 0 Å². The van der Waals surface area contributed by atoms with Crippen molar-refractivity contribution in [2.24, 2.45) is 0 Å². The van der Waals surface area contributed by atoms with E-state index in [-0.39, 0.29) is 23.0 Å². The average Bonchev–Trinajstić information content (AvgIpc) is 2.91. The Morgan fingerprint density at radius 1 is 1.48 bits per heavy atom. The largest absolute Gasteiger partial charge is 0.313 e. The third-order valence-electron chi connectivity index (χ3n) is 3.40. The highest BCUT2D eigenvalue weighted by Gasteiger charge is 2.42. The molecule has 8 nitrogen and oxygen atoms in total. The van der Waals surface area contributed by atoms with Crippen LogP contribution in [0.2, 0.25) is 0 Å². The standard InChI is InChI=1S/C11H20N4O4S2/c1-3-12-6-9-7-13-14-10(9)21(18,19)15-11(2)4-5-20(16,17)8-11/h7,12,15H,3-6,8H2,1-2H3,(H,13,14). The third kappa shape index (κ3) is 3.82. The van der Waals surface area contributed by atoms with Gasteiger partial charge in [0.1, 0.15) is 0 Å². The maximum absolute atomic E-state index is 12.4. The zero-order valence-electron chi connectivity index (χ0n) is 12.0. The Bertz CT molecular complexity index is 710. The van der Waals surface area contributed by atoms with Gasteiger partial charge < -0.3 is 5.32 Å². The van der Waals surface area contributed by atoms with Crippen LogP contribution in [0.15, 0.2) is 11.2 Å². The van der Waals surface area contributed by atoms with Gasteiger partial charge in [-0.3, -0.25) is 5.10 Å². The van der Waals surface area contributed by atoms with Gasteiger partial charge in [0, 0.05) is 17.6 Å². The molecule has 2 rings (SSSR count). The van der Waals surface area contributed by atoms with Gasteiger partial charge in [-0.1, -0.05) is 6.92 Å². The highest BCUT2D eigenvalue weighted by atomic mass is 32.2. The Morgan fingerprint density at radius 2 is 2.19 bits per heavy atom. The van der Waals surface area contributed by atoms with Crippen LogP contribution in [0.1, 0.15) is 25.8 Å². The van der Waals surface area contributed by atoms with Crippen molar-refractivity contribution in [3.63, 3.8) is 0 Å². The van der Waals surface area contributed by atoms with Gasteiger partial charge in [-0.15, -0.1) is 0 Å². The summed E-state index contributed by atoms with van der Waals surface area (Å²) in [7, 11) is -7.03. The SMILES string of the molecule is CCNCc1cn[nH]c1S(=O)(=O)NC1(C)CCS(=O)(=O)C1. The maximum atomic E-state index is 12.4. The number of sulfonamides is 1. The summed E-state index contributed by atoms with van der Waals surface area (Å²) in [4.78, 5) is 0. The minimum atomic E-state index is -3.84. The number of hydrogen-bond donors (Lipinski definition) is 3. The summed E-state index contributed by atoms with van der Waals surface area (Å²) in [6.45, 7) is 4.60. The van der Waals surface area contributed by atoms with E-state index < -0.39 is 25.4 Å². The molecule has 1 atom stereocenters. The Hall–Kier alpha value is -0.970. The van der Waals surface area contributed by atoms with E-state index >= 15 is 0 Å². The molecule has 120 valence electrons. The van der Waals surface area contributed by atoms with Crippen molar-refractivity contribution in [1.82, 2.24) is 20.2 Å². The molecule has 10 heteroatoms. The second-order valence-corrected chi connectivity index (χ2v) is 9.32. The van der Waals surface area contributed by atoms with Gasteiger partial charge in [0.05, 0.1) is 17.7 Å². The maximum Gasteiger partial charge on any atom is 0.258 e. The molecule has 0 amide bonds. The number of nitrogens with one attached hydrogen (secondary N) is 3. The quantitative estimate of drug-likeness (QED) is 0.636. The topological polar surface area (TPSA) is 121 Å². The molecule has 1 saturated heterocycles. The third-order valence-corrected chi connectivity index (χ3v) is 6.95. The van der Waals surface area contributed by atoms with Crippen molar-refractivity contribution >= 4 is 19.9 Å². The van der Waals surface area contributed by atoms with Crippen LogP contribution in [-0.4, -0.2) is 50.6 Å². The van der Waals surface area contributed by atoms with E-state index in [9.17, 15) is 16.8 Å². The van der Waals surface area contributed by atoms with Crippen LogP contribution in [0.25, 0.3) is 0 Å². The monoisotopic (exact) mass is 336 g/mol. The van der Waals surface area contributed by atoms with Gasteiger partial charge in [0.2, 0.25) is 0 Å². The molecular formula is C11H20N4O4S2. The summed E-state index contributed by atoms with van der Waals surface area (Å²) >= 11 is 0. The summed E-state index contributed by atoms with van der Waals surface area (Å²) in [5.74, 6) is -0.185. The molecule has 1 aliphatic heterocycles. The molecule has 21 heavy (non-hydrogen) atoms. The zero-order valence-corrected chi connectivity index (χ0v) is 13.6. The van der Waals surface area contributed by atoms with Crippen LogP contribution in [0.5, 0.6) is 0 Å². The molecule has 0 aliphatic carbocycles. The molecule has 0 aromatic carbocycles. The van der Waals surface area contributed by atoms with Crippen LogP contribution in [0.3, 0.4) is 0 Å². The molecule has 0 radical (unpaired) electrons. The van der Waals surface area contributed by atoms with Crippen molar-refractivity contribution < 1.29 is 16.8 Å². The molecule has 1 aliphatic rings. The highest BCUT2D eigenvalue weighted by molar-refractivity contribution is 7.92. The second-order valence-electron chi connectivity index (χ2n) is 5.51. The van der Waals surface area contributed by atoms with Gasteiger partial charge in [0.25, 0.3) is 10.0 Å². The van der Waals surface area contributed by atoms with Gasteiger partial charge in [-0.25, -0.2) is 21.6 Å². The lowest BCUT2D eigenvalue weighted by Gasteiger charge is -2.23. The molecule has 3 N–H and O–H groups in total. The Morgan fingerprint density at radius 3 is 2.76 bits per heavy atom. The van der Waals surface area contributed by atoms with Crippen molar-refractivity contribution in [2.45, 2.75) is 37.4 Å². The van der Waals surface area contributed by atoms with Gasteiger partial charge in [-0.05, 0) is 19.9 Å². The number of sulfone groups is 1. The Kier molecular flexibility index (Phi) is 4.43. The lowest BCUT2D eigenvalue weighted by atomic mass is 10.0. The normalized spacial score (nSPS) is 25.2. The van der Waals surface area contributed by atoms with Crippen LogP contribution in [0, 0.1) is 0 Å². The van der Waals surface area contributed by atoms with E-state index in [0.29, 0.717) is 18.7 Å². The van der Waals surface area contributed by atoms with E-state index in [1.165, 1.54) is 6.20 Å². The molecule has 1 fully saturated rings. The van der Waals surface area contributed by atoms with Gasteiger partial charge >= 0.3 is 0 Å². The van der Waals surface area contributed by atoms with Crippen molar-refractivity contribution in [3.05, 3.63) is 11.8 Å². The predicted molar refractivity (Wildman–Crippen MR) is 78.0 cm³/mol. The fourth-order valence-corrected chi connectivity index (χ4v) is 6.14. The molecule has 1 aromatic heterocycles. The lowest BCUT2D eigenvalue weighted by molar-refractivity contribution is 0.459. The van der Waals surface area contributed by atoms with E-state index in [1.54, 1.807) is 6.92 Å². The van der Waals surface area contributed by atoms with E-state index in [4.69, 9.17) is 0 Å². The van der Waals surface area contributed by atoms with Crippen molar-refractivity contribution in [3.8, 4) is 0 Å². The van der Waals surface area contributed by atoms with E-state index in [2.05, 4.69) is 20.2 Å². The van der Waals surface area contributed by atoms with Crippen molar-refractivity contribution in [2.75, 3.05) is 18.1 Å². The average molecular weight is 336 g/mol. The van der Waals surface area contributed by atoms with Crippen molar-refractivity contribution in [1.29, 1.82) is 0 Å². The summed E-state index contributed by atoms with van der Waals surface area (Å²) in [5, 5.41) is 9.25. The Labute approximate surface area is 124 Å². The minimum Gasteiger partial charge on any atom is -0.313 e. The summed E-state index contributed by atoms with van der Waals surface area (Å²) < 4.78 is 50.5. The summed E-state index contributed by atoms with van der Waals surface area (Å²) in [6, 6.07) is 0. The fourth-order valence-electron chi connectivity index (χ4n) is 2.38. The lowest BCUT2D eigenvalue weighted by Crippen LogP contribution is -2.47. The number of aromatic nitrogens is 2. The first kappa shape index (κ1) is 16.4. The van der Waals surface area contributed by atoms with E-state index in [0.717, 1.165) is 0 Å². The number of rotatable bonds is 6. The highest BCUT2D eigenvalue weighted by Crippen LogP contribution is 2.25. The molecule has 0 saturated carbocycles. The second kappa shape index (κ2) is 5.67. The van der Waals surface area contributed by atoms with Gasteiger partial charge in [-0.2, -0.15) is 5.10 Å². The molecule has 0 spiro atoms. The molecule has 2 heterocycles. The Balaban J connectivity index is 2.22. The number of hydrogen-bond acceptors (Lipinski definition) is 6. The summed E-state index contributed by atoms with van der Waals surface area (Å²) in [5.41, 5.74) is -0.452. The number of H-pyrrole nitrogens is 1.